The summed E-state index contributed by atoms with van der Waals surface area (Å²) in [6, 6.07) is 3.68. The van der Waals surface area contributed by atoms with Crippen LogP contribution in [0.1, 0.15) is 11.1 Å². The average Bonchev–Trinajstić information content (AvgIpc) is 2.71. The number of rotatable bonds is 3. The van der Waals surface area contributed by atoms with Crippen LogP contribution in [0.2, 0.25) is 0 Å². The molecule has 3 heterocycles. The molecule has 0 bridgehead atoms. The Morgan fingerprint density at radius 2 is 0.938 bits per heavy atom. The van der Waals surface area contributed by atoms with Crippen LogP contribution in [-0.2, 0) is 0 Å². The summed E-state index contributed by atoms with van der Waals surface area (Å²) in [5.74, 6) is 18.1. The lowest BCUT2D eigenvalue weighted by Gasteiger charge is -2.45. The van der Waals surface area contributed by atoms with Gasteiger partial charge in [0.2, 0.25) is 0 Å². The number of nitrogens with zero attached hydrogens (tertiary/aromatic N) is 6. The highest BCUT2D eigenvalue weighted by Gasteiger charge is 2.33. The van der Waals surface area contributed by atoms with Crippen molar-refractivity contribution in [3.8, 4) is 0 Å². The van der Waals surface area contributed by atoms with Crippen molar-refractivity contribution in [2.24, 2.45) is 34.7 Å². The molecule has 3 aliphatic rings. The first-order valence-electron chi connectivity index (χ1n) is 11.3. The van der Waals surface area contributed by atoms with E-state index in [1.165, 1.54) is 0 Å². The minimum absolute atomic E-state index is 0.210. The minimum Gasteiger partial charge on any atom is -0.353 e. The average molecular weight is 448 g/mol. The molecule has 0 aromatic heterocycles. The van der Waals surface area contributed by atoms with Gasteiger partial charge in [0, 0.05) is 70.7 Å². The third-order valence-electron chi connectivity index (χ3n) is 6.87. The van der Waals surface area contributed by atoms with Gasteiger partial charge in [0.25, 0.3) is 0 Å². The molecule has 1 radical (unpaired) electrons. The van der Waals surface area contributed by atoms with E-state index in [0.717, 1.165) is 67.5 Å². The minimum atomic E-state index is -0.226. The van der Waals surface area contributed by atoms with E-state index in [1.807, 2.05) is 0 Å². The van der Waals surface area contributed by atoms with Crippen molar-refractivity contribution < 1.29 is 0 Å². The van der Waals surface area contributed by atoms with Crippen molar-refractivity contribution in [3.05, 3.63) is 17.2 Å². The Kier molecular flexibility index (Phi) is 6.77. The summed E-state index contributed by atoms with van der Waals surface area (Å²) in [5.41, 5.74) is 24.9. The van der Waals surface area contributed by atoms with E-state index in [0.29, 0.717) is 19.6 Å². The molecule has 3 aliphatic heterocycles. The predicted molar refractivity (Wildman–Crippen MR) is 128 cm³/mol. The number of hydrogen-bond donors (Lipinski definition) is 6. The first-order chi connectivity index (χ1) is 15.2. The molecule has 4 rings (SSSR count). The lowest BCUT2D eigenvalue weighted by atomic mass is 9.99. The van der Waals surface area contributed by atoms with Crippen molar-refractivity contribution in [3.63, 3.8) is 0 Å². The van der Waals surface area contributed by atoms with Crippen LogP contribution in [0.25, 0.3) is 0 Å². The van der Waals surface area contributed by atoms with Crippen LogP contribution < -0.4 is 49.4 Å². The van der Waals surface area contributed by atoms with Crippen LogP contribution >= 0.6 is 0 Å². The molecule has 179 valence electrons. The molecule has 3 fully saturated rings. The SMILES string of the molecule is Cc1c(N2CCN(N)CC2N)[c]c(N2CCN(N)CC2N)c(C)c1N1CCN(N)CC1N. The smallest absolute Gasteiger partial charge is 0.0914 e. The van der Waals surface area contributed by atoms with E-state index in [9.17, 15) is 0 Å². The zero-order valence-electron chi connectivity index (χ0n) is 19.2. The molecule has 12 nitrogen and oxygen atoms in total. The molecule has 12 N–H and O–H groups in total. The zero-order valence-corrected chi connectivity index (χ0v) is 19.2. The van der Waals surface area contributed by atoms with Crippen molar-refractivity contribution in [2.75, 3.05) is 73.6 Å². The Balaban J connectivity index is 1.81. The maximum atomic E-state index is 6.56. The maximum Gasteiger partial charge on any atom is 0.0914 e. The predicted octanol–water partition coefficient (Wildman–Crippen LogP) is -3.05. The van der Waals surface area contributed by atoms with E-state index < -0.39 is 0 Å². The summed E-state index contributed by atoms with van der Waals surface area (Å²) in [6.45, 7) is 10.4. The number of nitrogens with two attached hydrogens (primary N) is 6. The summed E-state index contributed by atoms with van der Waals surface area (Å²) in [7, 11) is 0. The number of hydrogen-bond acceptors (Lipinski definition) is 12. The van der Waals surface area contributed by atoms with Crippen LogP contribution in [-0.4, -0.2) is 92.4 Å². The standard InChI is InChI=1S/C20H39N12/c1-13-15(30-6-3-27(24)10-17(30)21)9-16(31-7-4-28(25)11-18(31)22)14(2)20(13)32-8-5-29(26)12-19(32)23/h17-19H,3-8,10-12,21-26H2,1-2H3. The summed E-state index contributed by atoms with van der Waals surface area (Å²) in [5, 5.41) is 5.30. The van der Waals surface area contributed by atoms with Crippen LogP contribution in [0.3, 0.4) is 0 Å². The molecule has 32 heavy (non-hydrogen) atoms. The third-order valence-corrected chi connectivity index (χ3v) is 6.87. The van der Waals surface area contributed by atoms with Gasteiger partial charge in [-0.15, -0.1) is 0 Å². The van der Waals surface area contributed by atoms with Gasteiger partial charge < -0.3 is 31.9 Å². The maximum absolute atomic E-state index is 6.56. The number of piperazine rings is 3. The van der Waals surface area contributed by atoms with Gasteiger partial charge in [-0.25, -0.2) is 15.0 Å². The first kappa shape index (κ1) is 23.4. The quantitative estimate of drug-likeness (QED) is 0.258. The Morgan fingerprint density at radius 1 is 0.594 bits per heavy atom. The number of hydrazine groups is 3. The van der Waals surface area contributed by atoms with Crippen molar-refractivity contribution in [2.45, 2.75) is 32.3 Å². The van der Waals surface area contributed by atoms with E-state index in [2.05, 4.69) is 34.6 Å². The summed E-state index contributed by atoms with van der Waals surface area (Å²) < 4.78 is 0. The van der Waals surface area contributed by atoms with Gasteiger partial charge >= 0.3 is 0 Å². The topological polar surface area (TPSA) is 176 Å². The van der Waals surface area contributed by atoms with Crippen molar-refractivity contribution in [1.82, 2.24) is 15.0 Å². The zero-order chi connectivity index (χ0) is 23.2. The fourth-order valence-electron chi connectivity index (χ4n) is 5.14. The van der Waals surface area contributed by atoms with Gasteiger partial charge in [0.15, 0.2) is 0 Å². The van der Waals surface area contributed by atoms with Gasteiger partial charge in [0.05, 0.1) is 29.9 Å². The second kappa shape index (κ2) is 9.25. The highest BCUT2D eigenvalue weighted by atomic mass is 15.5. The van der Waals surface area contributed by atoms with Gasteiger partial charge in [-0.2, -0.15) is 0 Å². The van der Waals surface area contributed by atoms with Crippen LogP contribution in [0.4, 0.5) is 17.1 Å². The van der Waals surface area contributed by atoms with Gasteiger partial charge in [-0.1, -0.05) is 0 Å². The molecular weight excluding hydrogens is 408 g/mol. The second-order valence-electron chi connectivity index (χ2n) is 9.19. The molecule has 3 atom stereocenters. The summed E-state index contributed by atoms with van der Waals surface area (Å²) >= 11 is 0. The highest BCUT2D eigenvalue weighted by molar-refractivity contribution is 5.80. The van der Waals surface area contributed by atoms with Crippen molar-refractivity contribution >= 4 is 17.1 Å². The van der Waals surface area contributed by atoms with E-state index >= 15 is 0 Å². The molecule has 12 heteroatoms. The van der Waals surface area contributed by atoms with Gasteiger partial charge in [0.1, 0.15) is 0 Å². The lowest BCUT2D eigenvalue weighted by Crippen LogP contribution is -2.61. The van der Waals surface area contributed by atoms with Crippen LogP contribution in [0.5, 0.6) is 0 Å². The number of benzene rings is 1. The third kappa shape index (κ3) is 4.38. The molecule has 1 aromatic rings. The van der Waals surface area contributed by atoms with E-state index in [1.54, 1.807) is 15.0 Å². The molecule has 3 saturated heterocycles. The lowest BCUT2D eigenvalue weighted by molar-refractivity contribution is 0.228. The molecule has 1 aromatic carbocycles. The molecule has 0 amide bonds. The Bertz CT molecular complexity index is 768. The molecule has 0 aliphatic carbocycles. The Morgan fingerprint density at radius 3 is 1.28 bits per heavy atom. The van der Waals surface area contributed by atoms with Crippen molar-refractivity contribution in [1.29, 1.82) is 0 Å². The van der Waals surface area contributed by atoms with Gasteiger partial charge in [-0.05, 0) is 25.0 Å². The molecule has 0 saturated carbocycles. The Labute approximate surface area is 190 Å². The van der Waals surface area contributed by atoms with Gasteiger partial charge in [-0.3, -0.25) is 17.5 Å². The highest BCUT2D eigenvalue weighted by Crippen LogP contribution is 2.41. The fraction of sp³-hybridized carbons (Fsp3) is 0.700. The largest absolute Gasteiger partial charge is 0.353 e. The Hall–Kier alpha value is -1.74. The summed E-state index contributed by atoms with van der Waals surface area (Å²) in [4.78, 5) is 6.64. The summed E-state index contributed by atoms with van der Waals surface area (Å²) in [6.07, 6.45) is -0.661. The molecule has 0 spiro atoms. The van der Waals surface area contributed by atoms with Crippen LogP contribution in [0, 0.1) is 19.9 Å². The van der Waals surface area contributed by atoms with E-state index in [-0.39, 0.29) is 18.5 Å². The van der Waals surface area contributed by atoms with E-state index in [4.69, 9.17) is 34.7 Å². The first-order valence-corrected chi connectivity index (χ1v) is 11.3. The van der Waals surface area contributed by atoms with Crippen LogP contribution in [0.15, 0.2) is 0 Å². The number of anilines is 3. The monoisotopic (exact) mass is 447 g/mol. The fourth-order valence-corrected chi connectivity index (χ4v) is 5.14. The molecular formula is C20H39N12. The second-order valence-corrected chi connectivity index (χ2v) is 9.19. The normalized spacial score (nSPS) is 29.1. The molecule has 3 unspecified atom stereocenters.